The molecule has 7 heteroatoms. The first kappa shape index (κ1) is 20.9. The van der Waals surface area contributed by atoms with Crippen LogP contribution in [0.3, 0.4) is 0 Å². The van der Waals surface area contributed by atoms with Crippen LogP contribution >= 0.6 is 0 Å². The van der Waals surface area contributed by atoms with Crippen LogP contribution in [-0.2, 0) is 10.0 Å². The zero-order valence-electron chi connectivity index (χ0n) is 16.6. The molecule has 0 N–H and O–H groups in total. The molecule has 0 atom stereocenters. The zero-order valence-corrected chi connectivity index (χ0v) is 17.4. The van der Waals surface area contributed by atoms with Crippen molar-refractivity contribution in [1.82, 2.24) is 4.31 Å². The van der Waals surface area contributed by atoms with Gasteiger partial charge in [0.25, 0.3) is 5.91 Å². The van der Waals surface area contributed by atoms with E-state index in [0.717, 1.165) is 15.6 Å². The smallest absolute Gasteiger partial charge is 0.258 e. The SMILES string of the molecule is COc1ccc(C(=O)N(C)c2cccc(C(C)C)c2)cc1S(=O)(=O)N(C)C. The lowest BCUT2D eigenvalue weighted by Crippen LogP contribution is -2.27. The third-order valence-corrected chi connectivity index (χ3v) is 6.23. The summed E-state index contributed by atoms with van der Waals surface area (Å²) < 4.78 is 31.4. The molecule has 0 saturated heterocycles. The van der Waals surface area contributed by atoms with E-state index in [1.54, 1.807) is 13.1 Å². The molecule has 0 aliphatic rings. The number of methoxy groups -OCH3 is 1. The Morgan fingerprint density at radius 2 is 1.70 bits per heavy atom. The largest absolute Gasteiger partial charge is 0.495 e. The Hall–Kier alpha value is -2.38. The van der Waals surface area contributed by atoms with Crippen LogP contribution in [0, 0.1) is 0 Å². The van der Waals surface area contributed by atoms with Gasteiger partial charge in [-0.2, -0.15) is 0 Å². The zero-order chi connectivity index (χ0) is 20.4. The second kappa shape index (κ2) is 8.10. The number of carbonyl (C=O) groups excluding carboxylic acids is 1. The molecule has 0 aliphatic heterocycles. The summed E-state index contributed by atoms with van der Waals surface area (Å²) in [4.78, 5) is 14.4. The molecule has 6 nitrogen and oxygen atoms in total. The first-order valence-corrected chi connectivity index (χ1v) is 10.0. The Morgan fingerprint density at radius 3 is 2.26 bits per heavy atom. The molecule has 0 unspecified atom stereocenters. The van der Waals surface area contributed by atoms with Crippen molar-refractivity contribution in [3.63, 3.8) is 0 Å². The first-order chi connectivity index (χ1) is 12.6. The lowest BCUT2D eigenvalue weighted by molar-refractivity contribution is 0.0992. The second-order valence-electron chi connectivity index (χ2n) is 6.77. The van der Waals surface area contributed by atoms with E-state index < -0.39 is 10.0 Å². The number of ether oxygens (including phenoxy) is 1. The Balaban J connectivity index is 2.46. The highest BCUT2D eigenvalue weighted by atomic mass is 32.2. The molecular weight excluding hydrogens is 364 g/mol. The quantitative estimate of drug-likeness (QED) is 0.759. The molecule has 2 aromatic rings. The predicted octanol–water partition coefficient (Wildman–Crippen LogP) is 3.35. The second-order valence-corrected chi connectivity index (χ2v) is 8.89. The van der Waals surface area contributed by atoms with Gasteiger partial charge in [-0.3, -0.25) is 4.79 Å². The van der Waals surface area contributed by atoms with Gasteiger partial charge in [-0.1, -0.05) is 26.0 Å². The van der Waals surface area contributed by atoms with Gasteiger partial charge in [-0.15, -0.1) is 0 Å². The molecule has 0 fully saturated rings. The molecule has 2 rings (SSSR count). The number of carbonyl (C=O) groups is 1. The molecule has 0 aliphatic carbocycles. The summed E-state index contributed by atoms with van der Waals surface area (Å²) in [6.07, 6.45) is 0. The van der Waals surface area contributed by atoms with Gasteiger partial charge in [0.15, 0.2) is 0 Å². The number of benzene rings is 2. The van der Waals surface area contributed by atoms with Gasteiger partial charge < -0.3 is 9.64 Å². The number of hydrogen-bond acceptors (Lipinski definition) is 4. The van der Waals surface area contributed by atoms with Gasteiger partial charge in [0.1, 0.15) is 10.6 Å². The number of anilines is 1. The van der Waals surface area contributed by atoms with Crippen LogP contribution in [0.2, 0.25) is 0 Å². The average Bonchev–Trinajstić information content (AvgIpc) is 2.66. The standard InChI is InChI=1S/C20H26N2O4S/c1-14(2)15-8-7-9-17(12-15)22(5)20(23)16-10-11-18(26-6)19(13-16)27(24,25)21(3)4/h7-14H,1-6H3. The minimum atomic E-state index is -3.75. The molecule has 146 valence electrons. The molecule has 27 heavy (non-hydrogen) atoms. The van der Waals surface area contributed by atoms with E-state index in [0.29, 0.717) is 5.92 Å². The number of sulfonamides is 1. The highest BCUT2D eigenvalue weighted by Gasteiger charge is 2.25. The van der Waals surface area contributed by atoms with Crippen LogP contribution in [-0.4, -0.2) is 46.9 Å². The number of nitrogens with zero attached hydrogens (tertiary/aromatic N) is 2. The van der Waals surface area contributed by atoms with Gasteiger partial charge in [0.05, 0.1) is 7.11 Å². The van der Waals surface area contributed by atoms with E-state index >= 15 is 0 Å². The van der Waals surface area contributed by atoms with Crippen LogP contribution in [0.1, 0.15) is 35.7 Å². The molecule has 0 heterocycles. The minimum Gasteiger partial charge on any atom is -0.495 e. The summed E-state index contributed by atoms with van der Waals surface area (Å²) in [5.41, 5.74) is 2.14. The number of amides is 1. The summed E-state index contributed by atoms with van der Waals surface area (Å²) in [6.45, 7) is 4.17. The maximum Gasteiger partial charge on any atom is 0.258 e. The lowest BCUT2D eigenvalue weighted by atomic mass is 10.0. The lowest BCUT2D eigenvalue weighted by Gasteiger charge is -2.20. The fraction of sp³-hybridized carbons (Fsp3) is 0.350. The molecule has 1 amide bonds. The first-order valence-electron chi connectivity index (χ1n) is 8.58. The minimum absolute atomic E-state index is 0.0369. The highest BCUT2D eigenvalue weighted by molar-refractivity contribution is 7.89. The maximum absolute atomic E-state index is 13.0. The highest BCUT2D eigenvalue weighted by Crippen LogP contribution is 2.28. The van der Waals surface area contributed by atoms with Crippen molar-refractivity contribution in [2.24, 2.45) is 0 Å². The van der Waals surface area contributed by atoms with Crippen LogP contribution in [0.15, 0.2) is 47.4 Å². The summed E-state index contributed by atoms with van der Waals surface area (Å²) in [5.74, 6) is 0.241. The maximum atomic E-state index is 13.0. The van der Waals surface area contributed by atoms with Crippen LogP contribution < -0.4 is 9.64 Å². The van der Waals surface area contributed by atoms with Crippen LogP contribution in [0.5, 0.6) is 5.75 Å². The molecule has 2 aromatic carbocycles. The van der Waals surface area contributed by atoms with Crippen LogP contribution in [0.25, 0.3) is 0 Å². The van der Waals surface area contributed by atoms with Crippen molar-refractivity contribution in [1.29, 1.82) is 0 Å². The molecule has 0 aromatic heterocycles. The third-order valence-electron chi connectivity index (χ3n) is 4.40. The normalized spacial score (nSPS) is 11.7. The molecule has 0 spiro atoms. The molecular formula is C20H26N2O4S. The summed E-state index contributed by atoms with van der Waals surface area (Å²) in [5, 5.41) is 0. The van der Waals surface area contributed by atoms with Crippen molar-refractivity contribution in [2.75, 3.05) is 33.2 Å². The van der Waals surface area contributed by atoms with E-state index in [1.165, 1.54) is 38.2 Å². The van der Waals surface area contributed by atoms with Gasteiger partial charge in [0, 0.05) is 32.4 Å². The van der Waals surface area contributed by atoms with Gasteiger partial charge >= 0.3 is 0 Å². The van der Waals surface area contributed by atoms with E-state index in [-0.39, 0.29) is 22.1 Å². The van der Waals surface area contributed by atoms with Gasteiger partial charge in [0.2, 0.25) is 10.0 Å². The Kier molecular flexibility index (Phi) is 6.28. The van der Waals surface area contributed by atoms with Crippen molar-refractivity contribution in [2.45, 2.75) is 24.7 Å². The van der Waals surface area contributed by atoms with Crippen molar-refractivity contribution < 1.29 is 17.9 Å². The third kappa shape index (κ3) is 4.31. The fourth-order valence-electron chi connectivity index (χ4n) is 2.61. The summed E-state index contributed by atoms with van der Waals surface area (Å²) in [6, 6.07) is 12.2. The van der Waals surface area contributed by atoms with E-state index in [9.17, 15) is 13.2 Å². The van der Waals surface area contributed by atoms with Crippen molar-refractivity contribution in [3.8, 4) is 5.75 Å². The average molecular weight is 391 g/mol. The Bertz CT molecular complexity index is 937. The van der Waals surface area contributed by atoms with Crippen molar-refractivity contribution in [3.05, 3.63) is 53.6 Å². The molecule has 0 radical (unpaired) electrons. The summed E-state index contributed by atoms with van der Waals surface area (Å²) >= 11 is 0. The van der Waals surface area contributed by atoms with E-state index in [2.05, 4.69) is 13.8 Å². The van der Waals surface area contributed by atoms with E-state index in [1.807, 2.05) is 24.3 Å². The topological polar surface area (TPSA) is 66.9 Å². The Morgan fingerprint density at radius 1 is 1.04 bits per heavy atom. The Labute approximate surface area is 161 Å². The van der Waals surface area contributed by atoms with Gasteiger partial charge in [-0.25, -0.2) is 12.7 Å². The summed E-state index contributed by atoms with van der Waals surface area (Å²) in [7, 11) is 2.20. The van der Waals surface area contributed by atoms with Gasteiger partial charge in [-0.05, 0) is 41.8 Å². The monoisotopic (exact) mass is 390 g/mol. The molecule has 0 bridgehead atoms. The van der Waals surface area contributed by atoms with Crippen LogP contribution in [0.4, 0.5) is 5.69 Å². The predicted molar refractivity (Wildman–Crippen MR) is 107 cm³/mol. The number of rotatable bonds is 6. The van der Waals surface area contributed by atoms with E-state index in [4.69, 9.17) is 4.74 Å². The number of hydrogen-bond donors (Lipinski definition) is 0. The van der Waals surface area contributed by atoms with Crippen molar-refractivity contribution >= 4 is 21.6 Å². The molecule has 0 saturated carbocycles. The fourth-order valence-corrected chi connectivity index (χ4v) is 3.69.